The maximum absolute atomic E-state index is 13.1. The van der Waals surface area contributed by atoms with E-state index in [0.717, 1.165) is 10.6 Å². The van der Waals surface area contributed by atoms with Crippen LogP contribution in [0.25, 0.3) is 0 Å². The van der Waals surface area contributed by atoms with Crippen LogP contribution in [0, 0.1) is 5.82 Å². The number of nitrogens with one attached hydrogen (secondary N) is 1. The molecule has 1 N–H and O–H groups in total. The van der Waals surface area contributed by atoms with Crippen molar-refractivity contribution in [1.29, 1.82) is 0 Å². The summed E-state index contributed by atoms with van der Waals surface area (Å²) in [6, 6.07) is 11.7. The molecule has 1 saturated heterocycles. The average Bonchev–Trinajstić information content (AvgIpc) is 2.69. The van der Waals surface area contributed by atoms with Crippen molar-refractivity contribution in [3.8, 4) is 0 Å². The predicted octanol–water partition coefficient (Wildman–Crippen LogP) is 3.63. The number of benzene rings is 2. The molecule has 0 aliphatic carbocycles. The van der Waals surface area contributed by atoms with Gasteiger partial charge in [-0.3, -0.25) is 9.59 Å². The summed E-state index contributed by atoms with van der Waals surface area (Å²) in [5.41, 5.74) is 1.64. The number of fused-ring (bicyclic) bond motifs is 1. The second-order valence-electron chi connectivity index (χ2n) is 6.78. The van der Waals surface area contributed by atoms with E-state index in [1.54, 1.807) is 29.2 Å². The molecule has 28 heavy (non-hydrogen) atoms. The molecule has 2 heterocycles. The molecule has 1 unspecified atom stereocenters. The van der Waals surface area contributed by atoms with E-state index >= 15 is 0 Å². The van der Waals surface area contributed by atoms with Crippen molar-refractivity contribution in [2.45, 2.75) is 16.6 Å². The van der Waals surface area contributed by atoms with Crippen LogP contribution < -0.4 is 10.2 Å². The highest BCUT2D eigenvalue weighted by molar-refractivity contribution is 8.01. The monoisotopic (exact) mass is 419 g/mol. The highest BCUT2D eigenvalue weighted by Crippen LogP contribution is 2.38. The first-order chi connectivity index (χ1) is 13.5. The number of anilines is 2. The van der Waals surface area contributed by atoms with E-state index in [0.29, 0.717) is 36.9 Å². The van der Waals surface area contributed by atoms with Gasteiger partial charge in [0, 0.05) is 48.2 Å². The van der Waals surface area contributed by atoms with E-state index in [1.165, 1.54) is 23.9 Å². The van der Waals surface area contributed by atoms with Crippen molar-refractivity contribution in [2.75, 3.05) is 36.4 Å². The second kappa shape index (κ2) is 8.01. The third kappa shape index (κ3) is 4.10. The average molecular weight is 420 g/mol. The third-order valence-corrected chi connectivity index (χ3v) is 6.46. The van der Waals surface area contributed by atoms with E-state index in [9.17, 15) is 14.0 Å². The number of hydrogen-bond donors (Lipinski definition) is 1. The number of halogens is 2. The molecule has 2 aromatic rings. The Balaban J connectivity index is 1.34. The summed E-state index contributed by atoms with van der Waals surface area (Å²) in [6.45, 7) is 2.54. The van der Waals surface area contributed by atoms with Crippen molar-refractivity contribution >= 4 is 46.6 Å². The van der Waals surface area contributed by atoms with Gasteiger partial charge in [-0.2, -0.15) is 0 Å². The molecule has 146 valence electrons. The fourth-order valence-corrected chi connectivity index (χ4v) is 4.66. The number of carbonyl (C=O) groups excluding carboxylic acids is 2. The Hall–Kier alpha value is -2.25. The van der Waals surface area contributed by atoms with Crippen molar-refractivity contribution in [3.05, 3.63) is 53.3 Å². The number of thioether (sulfide) groups is 1. The molecule has 5 nitrogen and oxygen atoms in total. The number of rotatable bonds is 3. The fraction of sp³-hybridized carbons (Fsp3) is 0.300. The van der Waals surface area contributed by atoms with Gasteiger partial charge in [0.05, 0.1) is 10.9 Å². The number of hydrogen-bond acceptors (Lipinski definition) is 4. The first-order valence-electron chi connectivity index (χ1n) is 9.05. The lowest BCUT2D eigenvalue weighted by Gasteiger charge is -2.36. The molecule has 2 aromatic carbocycles. The maximum Gasteiger partial charge on any atom is 0.238 e. The minimum Gasteiger partial charge on any atom is -0.368 e. The molecule has 8 heteroatoms. The van der Waals surface area contributed by atoms with E-state index in [2.05, 4.69) is 10.2 Å². The Morgan fingerprint density at radius 2 is 1.86 bits per heavy atom. The smallest absolute Gasteiger partial charge is 0.238 e. The summed E-state index contributed by atoms with van der Waals surface area (Å²) in [6.07, 6.45) is 0.162. The Morgan fingerprint density at radius 1 is 1.14 bits per heavy atom. The molecule has 2 aliphatic rings. The zero-order chi connectivity index (χ0) is 19.7. The van der Waals surface area contributed by atoms with E-state index in [1.807, 2.05) is 6.07 Å². The standard InChI is InChI=1S/C20H19ClFN3O2S/c21-13-1-6-17-16(11-13)23-20(27)18(28-17)12-19(26)25-9-7-24(8-10-25)15-4-2-14(22)3-5-15/h1-6,11,18H,7-10,12H2,(H,23,27). The minimum absolute atomic E-state index is 0.0242. The molecule has 1 fully saturated rings. The molecule has 0 spiro atoms. The largest absolute Gasteiger partial charge is 0.368 e. The van der Waals surface area contributed by atoms with Gasteiger partial charge in [-0.15, -0.1) is 11.8 Å². The number of piperazine rings is 1. The van der Waals surface area contributed by atoms with Gasteiger partial charge in [-0.25, -0.2) is 4.39 Å². The van der Waals surface area contributed by atoms with Gasteiger partial charge >= 0.3 is 0 Å². The van der Waals surface area contributed by atoms with Crippen LogP contribution >= 0.6 is 23.4 Å². The topological polar surface area (TPSA) is 52.7 Å². The highest BCUT2D eigenvalue weighted by atomic mass is 35.5. The molecular weight excluding hydrogens is 401 g/mol. The molecule has 1 atom stereocenters. The first kappa shape index (κ1) is 19.1. The Morgan fingerprint density at radius 3 is 2.57 bits per heavy atom. The summed E-state index contributed by atoms with van der Waals surface area (Å²) < 4.78 is 13.1. The van der Waals surface area contributed by atoms with Crippen molar-refractivity contribution in [2.24, 2.45) is 0 Å². The third-order valence-electron chi connectivity index (χ3n) is 4.95. The lowest BCUT2D eigenvalue weighted by atomic mass is 10.2. The Bertz CT molecular complexity index is 901. The van der Waals surface area contributed by atoms with Gasteiger partial charge in [0.1, 0.15) is 5.82 Å². The Labute approximate surface area is 171 Å². The summed E-state index contributed by atoms with van der Waals surface area (Å²) in [5.74, 6) is -0.452. The second-order valence-corrected chi connectivity index (χ2v) is 8.47. The molecule has 0 radical (unpaired) electrons. The lowest BCUT2D eigenvalue weighted by Crippen LogP contribution is -2.49. The molecule has 0 aromatic heterocycles. The normalized spacial score (nSPS) is 19.2. The molecule has 2 aliphatic heterocycles. The maximum atomic E-state index is 13.1. The lowest BCUT2D eigenvalue weighted by molar-refractivity contribution is -0.132. The van der Waals surface area contributed by atoms with E-state index < -0.39 is 5.25 Å². The molecule has 4 rings (SSSR count). The van der Waals surface area contributed by atoms with Crippen LogP contribution in [0.5, 0.6) is 0 Å². The minimum atomic E-state index is -0.448. The first-order valence-corrected chi connectivity index (χ1v) is 10.3. The Kier molecular flexibility index (Phi) is 5.46. The van der Waals surface area contributed by atoms with Crippen molar-refractivity contribution < 1.29 is 14.0 Å². The van der Waals surface area contributed by atoms with Gasteiger partial charge < -0.3 is 15.1 Å². The van der Waals surface area contributed by atoms with Crippen LogP contribution in [0.3, 0.4) is 0 Å². The van der Waals surface area contributed by atoms with Crippen molar-refractivity contribution in [3.63, 3.8) is 0 Å². The number of carbonyl (C=O) groups is 2. The summed E-state index contributed by atoms with van der Waals surface area (Å²) in [5, 5.41) is 2.95. The fourth-order valence-electron chi connectivity index (χ4n) is 3.41. The van der Waals surface area contributed by atoms with Crippen LogP contribution in [-0.4, -0.2) is 48.1 Å². The number of amides is 2. The zero-order valence-electron chi connectivity index (χ0n) is 15.0. The quantitative estimate of drug-likeness (QED) is 0.825. The van der Waals surface area contributed by atoms with Gasteiger partial charge in [0.25, 0.3) is 0 Å². The summed E-state index contributed by atoms with van der Waals surface area (Å²) in [7, 11) is 0. The van der Waals surface area contributed by atoms with E-state index in [-0.39, 0.29) is 24.1 Å². The number of nitrogens with zero attached hydrogens (tertiary/aromatic N) is 2. The summed E-state index contributed by atoms with van der Waals surface area (Å²) >= 11 is 7.37. The van der Waals surface area contributed by atoms with Crippen LogP contribution in [0.4, 0.5) is 15.8 Å². The summed E-state index contributed by atoms with van der Waals surface area (Å²) in [4.78, 5) is 29.9. The molecule has 0 saturated carbocycles. The van der Waals surface area contributed by atoms with Crippen LogP contribution in [0.1, 0.15) is 6.42 Å². The zero-order valence-corrected chi connectivity index (χ0v) is 16.6. The SMILES string of the molecule is O=C1Nc2cc(Cl)ccc2SC1CC(=O)N1CCN(c2ccc(F)cc2)CC1. The van der Waals surface area contributed by atoms with E-state index in [4.69, 9.17) is 11.6 Å². The molecule has 0 bridgehead atoms. The van der Waals surface area contributed by atoms with Crippen LogP contribution in [-0.2, 0) is 9.59 Å². The van der Waals surface area contributed by atoms with Crippen molar-refractivity contribution in [1.82, 2.24) is 4.90 Å². The van der Waals surface area contributed by atoms with Gasteiger partial charge in [-0.05, 0) is 42.5 Å². The molecular formula is C20H19ClFN3O2S. The van der Waals surface area contributed by atoms with Gasteiger partial charge in [0.15, 0.2) is 0 Å². The van der Waals surface area contributed by atoms with Gasteiger partial charge in [0.2, 0.25) is 11.8 Å². The predicted molar refractivity (Wildman–Crippen MR) is 110 cm³/mol. The van der Waals surface area contributed by atoms with Crippen LogP contribution in [0.2, 0.25) is 5.02 Å². The molecule has 2 amide bonds. The highest BCUT2D eigenvalue weighted by Gasteiger charge is 2.31. The van der Waals surface area contributed by atoms with Gasteiger partial charge in [-0.1, -0.05) is 11.6 Å². The van der Waals surface area contributed by atoms with Crippen LogP contribution in [0.15, 0.2) is 47.4 Å².